The van der Waals surface area contributed by atoms with Crippen molar-refractivity contribution >= 4 is 39.2 Å². The predicted octanol–water partition coefficient (Wildman–Crippen LogP) is 3.44. The second kappa shape index (κ2) is 7.94. The molecular weight excluding hydrogens is 451 g/mol. The number of aryl methyl sites for hydroxylation is 1. The smallest absolute Gasteiger partial charge is 0.189 e. The molecule has 1 aromatic carbocycles. The van der Waals surface area contributed by atoms with E-state index in [0.29, 0.717) is 11.5 Å². The van der Waals surface area contributed by atoms with E-state index in [1.54, 1.807) is 0 Å². The number of rotatable bonds is 5. The maximum atomic E-state index is 12.3. The number of hydrogen-bond acceptors (Lipinski definition) is 3. The van der Waals surface area contributed by atoms with E-state index in [1.807, 2.05) is 48.1 Å². The molecule has 0 saturated heterocycles. The largest absolute Gasteiger partial charge is 0.412 e. The number of pyridine rings is 1. The molecule has 2 heterocycles. The first-order valence-corrected chi connectivity index (χ1v) is 9.77. The minimum Gasteiger partial charge on any atom is -0.412 e. The Labute approximate surface area is 163 Å². The van der Waals surface area contributed by atoms with Gasteiger partial charge in [-0.3, -0.25) is 4.18 Å². The summed E-state index contributed by atoms with van der Waals surface area (Å²) in [4.78, 5) is 0.688. The quantitative estimate of drug-likeness (QED) is 0.534. The molecule has 0 saturated carbocycles. The fraction of sp³-hybridized carbons (Fsp3) is 0.278. The van der Waals surface area contributed by atoms with Gasteiger partial charge in [0.25, 0.3) is 0 Å². The molecule has 134 valence electrons. The Bertz CT molecular complexity index is 891. The van der Waals surface area contributed by atoms with Crippen molar-refractivity contribution in [2.24, 2.45) is 0 Å². The number of nitrogens with zero attached hydrogens (tertiary/aromatic N) is 2. The van der Waals surface area contributed by atoms with Crippen molar-refractivity contribution in [1.82, 2.24) is 9.61 Å². The number of halogens is 1. The minimum absolute atomic E-state index is 0. The fourth-order valence-corrected chi connectivity index (χ4v) is 3.80. The van der Waals surface area contributed by atoms with Crippen molar-refractivity contribution in [3.63, 3.8) is 0 Å². The molecule has 25 heavy (non-hydrogen) atoms. The molecule has 1 unspecified atom stereocenters. The predicted molar refractivity (Wildman–Crippen MR) is 108 cm³/mol. The van der Waals surface area contributed by atoms with Gasteiger partial charge >= 0.3 is 0 Å². The van der Waals surface area contributed by atoms with E-state index in [1.165, 1.54) is 0 Å². The van der Waals surface area contributed by atoms with Crippen LogP contribution in [0.1, 0.15) is 25.0 Å². The molecule has 5 nitrogen and oxygen atoms in total. The van der Waals surface area contributed by atoms with Crippen LogP contribution in [0.2, 0.25) is 0 Å². The van der Waals surface area contributed by atoms with E-state index in [0.717, 1.165) is 20.2 Å². The summed E-state index contributed by atoms with van der Waals surface area (Å²) in [6.45, 7) is 6.52. The molecule has 3 aromatic rings. The minimum atomic E-state index is -1.46. The summed E-state index contributed by atoms with van der Waals surface area (Å²) >= 11 is 0.813. The van der Waals surface area contributed by atoms with Gasteiger partial charge < -0.3 is 5.48 Å². The average molecular weight is 472 g/mol. The SMILES string of the molecule is Cc1ccc(S(=O)OCC(C)(C)c2ccc3c(I)cnn3c2)cc1.O. The Kier molecular flexibility index (Phi) is 6.36. The topological polar surface area (TPSA) is 75.1 Å². The van der Waals surface area contributed by atoms with E-state index >= 15 is 0 Å². The summed E-state index contributed by atoms with van der Waals surface area (Å²) in [6, 6.07) is 11.7. The summed E-state index contributed by atoms with van der Waals surface area (Å²) in [7, 11) is 0. The molecule has 0 aliphatic carbocycles. The third-order valence-corrected chi connectivity index (χ3v) is 5.81. The van der Waals surface area contributed by atoms with Gasteiger partial charge in [0.2, 0.25) is 0 Å². The van der Waals surface area contributed by atoms with E-state index in [-0.39, 0.29) is 10.9 Å². The molecule has 0 bridgehead atoms. The first-order valence-electron chi connectivity index (χ1n) is 7.62. The van der Waals surface area contributed by atoms with Crippen LogP contribution in [0.5, 0.6) is 0 Å². The highest BCUT2D eigenvalue weighted by atomic mass is 127. The van der Waals surface area contributed by atoms with Gasteiger partial charge in [0.05, 0.1) is 26.8 Å². The van der Waals surface area contributed by atoms with Gasteiger partial charge in [-0.15, -0.1) is 0 Å². The highest BCUT2D eigenvalue weighted by molar-refractivity contribution is 14.1. The van der Waals surface area contributed by atoms with Gasteiger partial charge in [-0.2, -0.15) is 5.10 Å². The van der Waals surface area contributed by atoms with Crippen molar-refractivity contribution in [3.8, 4) is 0 Å². The Morgan fingerprint density at radius 1 is 1.20 bits per heavy atom. The number of aromatic nitrogens is 2. The van der Waals surface area contributed by atoms with Crippen LogP contribution in [-0.2, 0) is 20.7 Å². The van der Waals surface area contributed by atoms with Gasteiger partial charge in [0.15, 0.2) is 11.1 Å². The van der Waals surface area contributed by atoms with Crippen LogP contribution in [-0.4, -0.2) is 25.9 Å². The Hall–Kier alpha value is -1.29. The van der Waals surface area contributed by atoms with E-state index in [9.17, 15) is 4.21 Å². The summed E-state index contributed by atoms with van der Waals surface area (Å²) in [5, 5.41) is 4.35. The first kappa shape index (κ1) is 20.0. The van der Waals surface area contributed by atoms with Gasteiger partial charge in [0.1, 0.15) is 0 Å². The van der Waals surface area contributed by atoms with Crippen LogP contribution in [0.3, 0.4) is 0 Å². The fourth-order valence-electron chi connectivity index (χ4n) is 2.35. The molecule has 0 spiro atoms. The lowest BCUT2D eigenvalue weighted by Crippen LogP contribution is -2.25. The zero-order valence-electron chi connectivity index (χ0n) is 14.3. The van der Waals surface area contributed by atoms with Crippen molar-refractivity contribution in [3.05, 3.63) is 63.5 Å². The van der Waals surface area contributed by atoms with Crippen LogP contribution < -0.4 is 0 Å². The first-order chi connectivity index (χ1) is 11.4. The highest BCUT2D eigenvalue weighted by Crippen LogP contribution is 2.26. The molecule has 0 fully saturated rings. The van der Waals surface area contributed by atoms with E-state index < -0.39 is 11.1 Å². The average Bonchev–Trinajstić information content (AvgIpc) is 2.94. The monoisotopic (exact) mass is 472 g/mol. The van der Waals surface area contributed by atoms with E-state index in [2.05, 4.69) is 53.7 Å². The van der Waals surface area contributed by atoms with Gasteiger partial charge in [0, 0.05) is 11.6 Å². The highest BCUT2D eigenvalue weighted by Gasteiger charge is 2.23. The van der Waals surface area contributed by atoms with Crippen molar-refractivity contribution < 1.29 is 13.9 Å². The summed E-state index contributed by atoms with van der Waals surface area (Å²) in [5.41, 5.74) is 3.04. The molecule has 0 radical (unpaired) electrons. The van der Waals surface area contributed by atoms with Gasteiger partial charge in [-0.25, -0.2) is 8.72 Å². The lowest BCUT2D eigenvalue weighted by atomic mass is 9.87. The van der Waals surface area contributed by atoms with Crippen molar-refractivity contribution in [2.75, 3.05) is 6.61 Å². The summed E-state index contributed by atoms with van der Waals surface area (Å²) < 4.78 is 21.0. The molecule has 0 aliphatic heterocycles. The molecule has 0 aliphatic rings. The lowest BCUT2D eigenvalue weighted by Gasteiger charge is -2.24. The zero-order chi connectivity index (χ0) is 17.3. The molecular formula is C18H21IN2O3S. The van der Waals surface area contributed by atoms with E-state index in [4.69, 9.17) is 4.18 Å². The second-order valence-corrected chi connectivity index (χ2v) is 8.77. The Balaban J connectivity index is 0.00000225. The van der Waals surface area contributed by atoms with Gasteiger partial charge in [-0.05, 0) is 53.3 Å². The molecule has 0 amide bonds. The third kappa shape index (κ3) is 4.46. The Morgan fingerprint density at radius 3 is 2.56 bits per heavy atom. The third-order valence-electron chi connectivity index (χ3n) is 3.99. The van der Waals surface area contributed by atoms with Crippen LogP contribution in [0.15, 0.2) is 53.7 Å². The summed E-state index contributed by atoms with van der Waals surface area (Å²) in [6.07, 6.45) is 3.85. The summed E-state index contributed by atoms with van der Waals surface area (Å²) in [5.74, 6) is 0. The normalized spacial score (nSPS) is 12.8. The van der Waals surface area contributed by atoms with Crippen molar-refractivity contribution in [1.29, 1.82) is 0 Å². The number of benzene rings is 1. The number of fused-ring (bicyclic) bond motifs is 1. The van der Waals surface area contributed by atoms with Crippen LogP contribution in [0, 0.1) is 10.5 Å². The Morgan fingerprint density at radius 2 is 1.88 bits per heavy atom. The van der Waals surface area contributed by atoms with Gasteiger partial charge in [-0.1, -0.05) is 37.6 Å². The molecule has 1 atom stereocenters. The van der Waals surface area contributed by atoms with Crippen LogP contribution >= 0.6 is 22.6 Å². The second-order valence-electron chi connectivity index (χ2n) is 6.43. The molecule has 2 N–H and O–H groups in total. The molecule has 3 rings (SSSR count). The molecule has 2 aromatic heterocycles. The van der Waals surface area contributed by atoms with Crippen LogP contribution in [0.4, 0.5) is 0 Å². The van der Waals surface area contributed by atoms with Crippen molar-refractivity contribution in [2.45, 2.75) is 31.1 Å². The van der Waals surface area contributed by atoms with Crippen LogP contribution in [0.25, 0.3) is 5.52 Å². The zero-order valence-corrected chi connectivity index (χ0v) is 17.3. The standard InChI is InChI=1S/C18H19IN2O2S.H2O/c1-13-4-7-15(8-5-13)24(22)23-12-18(2,3)14-6-9-17-16(19)10-20-21(17)11-14;/h4-11H,12H2,1-3H3;1H2. The maximum absolute atomic E-state index is 12.3. The molecule has 7 heteroatoms. The number of hydrogen-bond donors (Lipinski definition) is 0. The lowest BCUT2D eigenvalue weighted by molar-refractivity contribution is 0.262. The maximum Gasteiger partial charge on any atom is 0.189 e.